The number of aromatic nitrogens is 1. The Labute approximate surface area is 124 Å². The zero-order chi connectivity index (χ0) is 16.3. The maximum absolute atomic E-state index is 12.2. The molecule has 118 valence electrons. The third-order valence-electron chi connectivity index (χ3n) is 2.94. The predicted octanol–water partition coefficient (Wildman–Crippen LogP) is 3.12. The smallest absolute Gasteiger partial charge is 0.406 e. The van der Waals surface area contributed by atoms with Crippen LogP contribution in [0.3, 0.4) is 0 Å². The van der Waals surface area contributed by atoms with Crippen LogP contribution in [-0.4, -0.2) is 17.4 Å². The number of hydrogen-bond acceptors (Lipinski definition) is 4. The van der Waals surface area contributed by atoms with Crippen LogP contribution in [-0.2, 0) is 6.54 Å². The first kappa shape index (κ1) is 15.9. The van der Waals surface area contributed by atoms with Gasteiger partial charge in [-0.2, -0.15) is 0 Å². The van der Waals surface area contributed by atoms with Crippen molar-refractivity contribution in [3.8, 4) is 5.75 Å². The largest absolute Gasteiger partial charge is 0.573 e. The van der Waals surface area contributed by atoms with Crippen molar-refractivity contribution in [2.45, 2.75) is 26.8 Å². The summed E-state index contributed by atoms with van der Waals surface area (Å²) in [5.74, 6) is -0.392. The Morgan fingerprint density at radius 2 is 2.09 bits per heavy atom. The Hall–Kier alpha value is -2.51. The van der Waals surface area contributed by atoms with Gasteiger partial charge in [0.05, 0.1) is 5.69 Å². The number of nitrogens with zero attached hydrogens (tertiary/aromatic N) is 1. The van der Waals surface area contributed by atoms with Crippen molar-refractivity contribution in [3.63, 3.8) is 0 Å². The van der Waals surface area contributed by atoms with E-state index in [1.165, 1.54) is 12.1 Å². The van der Waals surface area contributed by atoms with Gasteiger partial charge >= 0.3 is 6.36 Å². The van der Waals surface area contributed by atoms with E-state index in [1.807, 2.05) is 0 Å². The normalized spacial score (nSPS) is 11.3. The van der Waals surface area contributed by atoms with Gasteiger partial charge in [0.2, 0.25) is 0 Å². The Morgan fingerprint density at radius 1 is 1.36 bits per heavy atom. The Balaban J connectivity index is 2.05. The molecule has 0 unspecified atom stereocenters. The fourth-order valence-corrected chi connectivity index (χ4v) is 1.86. The van der Waals surface area contributed by atoms with Crippen LogP contribution in [0.2, 0.25) is 0 Å². The molecule has 0 saturated heterocycles. The van der Waals surface area contributed by atoms with E-state index in [0.717, 1.165) is 17.7 Å². The maximum atomic E-state index is 12.2. The molecule has 0 radical (unpaired) electrons. The standard InChI is InChI=1S/C14H13F3N2O3/c1-8-12(9(2)22-19-8)7-18-13(20)10-4-3-5-11(6-10)21-14(15,16)17/h3-6H,7H2,1-2H3,(H,18,20). The molecule has 1 heterocycles. The SMILES string of the molecule is Cc1noc(C)c1CNC(=O)c1cccc(OC(F)(F)F)c1. The summed E-state index contributed by atoms with van der Waals surface area (Å²) in [7, 11) is 0. The van der Waals surface area contributed by atoms with Crippen molar-refractivity contribution < 1.29 is 27.2 Å². The number of carbonyl (C=O) groups excluding carboxylic acids is 1. The maximum Gasteiger partial charge on any atom is 0.573 e. The van der Waals surface area contributed by atoms with Gasteiger partial charge in [0.15, 0.2) is 0 Å². The molecule has 22 heavy (non-hydrogen) atoms. The van der Waals surface area contributed by atoms with Gasteiger partial charge < -0.3 is 14.6 Å². The van der Waals surface area contributed by atoms with E-state index < -0.39 is 18.0 Å². The summed E-state index contributed by atoms with van der Waals surface area (Å²) < 4.78 is 45.2. The van der Waals surface area contributed by atoms with Gasteiger partial charge in [-0.1, -0.05) is 11.2 Å². The molecule has 8 heteroatoms. The second-order valence-corrected chi connectivity index (χ2v) is 4.56. The van der Waals surface area contributed by atoms with Crippen molar-refractivity contribution in [1.82, 2.24) is 10.5 Å². The fraction of sp³-hybridized carbons (Fsp3) is 0.286. The average Bonchev–Trinajstić information content (AvgIpc) is 2.74. The fourth-order valence-electron chi connectivity index (χ4n) is 1.86. The highest BCUT2D eigenvalue weighted by atomic mass is 19.4. The van der Waals surface area contributed by atoms with Crippen LogP contribution in [0.5, 0.6) is 5.75 Å². The van der Waals surface area contributed by atoms with Crippen molar-refractivity contribution in [3.05, 3.63) is 46.8 Å². The van der Waals surface area contributed by atoms with Gasteiger partial charge in [0, 0.05) is 17.7 Å². The molecule has 1 aromatic carbocycles. The minimum atomic E-state index is -4.80. The number of halogens is 3. The molecule has 0 bridgehead atoms. The summed E-state index contributed by atoms with van der Waals surface area (Å²) in [5, 5.41) is 6.35. The lowest BCUT2D eigenvalue weighted by molar-refractivity contribution is -0.274. The van der Waals surface area contributed by atoms with Crippen molar-refractivity contribution in [1.29, 1.82) is 0 Å². The van der Waals surface area contributed by atoms with E-state index in [0.29, 0.717) is 11.5 Å². The lowest BCUT2D eigenvalue weighted by Crippen LogP contribution is -2.23. The van der Waals surface area contributed by atoms with Crippen LogP contribution in [0.1, 0.15) is 27.4 Å². The molecule has 1 N–H and O–H groups in total. The number of nitrogens with one attached hydrogen (secondary N) is 1. The number of alkyl halides is 3. The highest BCUT2D eigenvalue weighted by Gasteiger charge is 2.31. The van der Waals surface area contributed by atoms with E-state index in [1.54, 1.807) is 13.8 Å². The molecule has 1 amide bonds. The molecule has 0 spiro atoms. The summed E-state index contributed by atoms with van der Waals surface area (Å²) in [5.41, 5.74) is 1.44. The molecule has 2 aromatic rings. The van der Waals surface area contributed by atoms with Crippen LogP contribution in [0.15, 0.2) is 28.8 Å². The third kappa shape index (κ3) is 4.00. The Morgan fingerprint density at radius 3 is 2.68 bits per heavy atom. The quantitative estimate of drug-likeness (QED) is 0.942. The predicted molar refractivity (Wildman–Crippen MR) is 70.3 cm³/mol. The minimum Gasteiger partial charge on any atom is -0.406 e. The van der Waals surface area contributed by atoms with E-state index in [4.69, 9.17) is 4.52 Å². The number of ether oxygens (including phenoxy) is 1. The molecule has 2 rings (SSSR count). The first-order chi connectivity index (χ1) is 10.3. The van der Waals surface area contributed by atoms with E-state index in [2.05, 4.69) is 15.2 Å². The first-order valence-electron chi connectivity index (χ1n) is 6.32. The van der Waals surface area contributed by atoms with Gasteiger partial charge in [-0.15, -0.1) is 13.2 Å². The molecule has 0 aliphatic heterocycles. The van der Waals surface area contributed by atoms with E-state index >= 15 is 0 Å². The summed E-state index contributed by atoms with van der Waals surface area (Å²) in [6, 6.07) is 4.85. The van der Waals surface area contributed by atoms with Gasteiger partial charge in [0.1, 0.15) is 11.5 Å². The molecule has 0 saturated carbocycles. The number of hydrogen-bond donors (Lipinski definition) is 1. The number of benzene rings is 1. The summed E-state index contributed by atoms with van der Waals surface area (Å²) in [6.07, 6.45) is -4.80. The highest BCUT2D eigenvalue weighted by Crippen LogP contribution is 2.23. The number of rotatable bonds is 4. The zero-order valence-electron chi connectivity index (χ0n) is 11.8. The monoisotopic (exact) mass is 314 g/mol. The van der Waals surface area contributed by atoms with E-state index in [9.17, 15) is 18.0 Å². The Kier molecular flexibility index (Phi) is 4.39. The van der Waals surface area contributed by atoms with Crippen molar-refractivity contribution >= 4 is 5.91 Å². The van der Waals surface area contributed by atoms with Crippen LogP contribution < -0.4 is 10.1 Å². The Bertz CT molecular complexity index is 661. The summed E-state index contributed by atoms with van der Waals surface area (Å²) >= 11 is 0. The third-order valence-corrected chi connectivity index (χ3v) is 2.94. The zero-order valence-corrected chi connectivity index (χ0v) is 11.8. The summed E-state index contributed by atoms with van der Waals surface area (Å²) in [6.45, 7) is 3.61. The molecule has 0 fully saturated rings. The summed E-state index contributed by atoms with van der Waals surface area (Å²) in [4.78, 5) is 12.0. The lowest BCUT2D eigenvalue weighted by atomic mass is 10.1. The van der Waals surface area contributed by atoms with Gasteiger partial charge in [0.25, 0.3) is 5.91 Å². The van der Waals surface area contributed by atoms with Crippen molar-refractivity contribution in [2.75, 3.05) is 0 Å². The number of carbonyl (C=O) groups is 1. The second-order valence-electron chi connectivity index (χ2n) is 4.56. The van der Waals surface area contributed by atoms with Crippen molar-refractivity contribution in [2.24, 2.45) is 0 Å². The van der Waals surface area contributed by atoms with Crippen LogP contribution in [0, 0.1) is 13.8 Å². The van der Waals surface area contributed by atoms with Crippen LogP contribution in [0.4, 0.5) is 13.2 Å². The topological polar surface area (TPSA) is 64.4 Å². The first-order valence-corrected chi connectivity index (χ1v) is 6.32. The average molecular weight is 314 g/mol. The molecule has 0 aliphatic rings. The lowest BCUT2D eigenvalue weighted by Gasteiger charge is -2.10. The molecule has 0 aliphatic carbocycles. The minimum absolute atomic E-state index is 0.0634. The molecule has 1 aromatic heterocycles. The van der Waals surface area contributed by atoms with Crippen LogP contribution in [0.25, 0.3) is 0 Å². The molecule has 5 nitrogen and oxygen atoms in total. The highest BCUT2D eigenvalue weighted by molar-refractivity contribution is 5.94. The number of aryl methyl sites for hydroxylation is 2. The van der Waals surface area contributed by atoms with Gasteiger partial charge in [-0.25, -0.2) is 0 Å². The van der Waals surface area contributed by atoms with Gasteiger partial charge in [-0.3, -0.25) is 4.79 Å². The number of amides is 1. The molecular weight excluding hydrogens is 301 g/mol. The van der Waals surface area contributed by atoms with Crippen LogP contribution >= 0.6 is 0 Å². The molecule has 0 atom stereocenters. The van der Waals surface area contributed by atoms with Gasteiger partial charge in [-0.05, 0) is 32.0 Å². The van der Waals surface area contributed by atoms with E-state index in [-0.39, 0.29) is 12.1 Å². The molecular formula is C14H13F3N2O3. The second kappa shape index (κ2) is 6.08.